The van der Waals surface area contributed by atoms with Crippen molar-refractivity contribution in [3.8, 4) is 0 Å². The molecule has 0 saturated heterocycles. The average molecular weight is 277 g/mol. The quantitative estimate of drug-likeness (QED) is 0.871. The molecule has 0 aliphatic carbocycles. The van der Waals surface area contributed by atoms with E-state index in [9.17, 15) is 0 Å². The van der Waals surface area contributed by atoms with Crippen molar-refractivity contribution >= 4 is 17.6 Å². The first kappa shape index (κ1) is 13.9. The van der Waals surface area contributed by atoms with Crippen LogP contribution >= 0.6 is 11.8 Å². The average Bonchev–Trinajstić information content (AvgIpc) is 2.77. The Morgan fingerprint density at radius 2 is 2.05 bits per heavy atom. The first-order valence-corrected chi connectivity index (χ1v) is 7.05. The van der Waals surface area contributed by atoms with E-state index in [1.54, 1.807) is 16.4 Å². The summed E-state index contributed by atoms with van der Waals surface area (Å²) in [6, 6.07) is 0. The number of hydrogen-bond acceptors (Lipinski definition) is 5. The van der Waals surface area contributed by atoms with Crippen LogP contribution in [0.3, 0.4) is 0 Å². The van der Waals surface area contributed by atoms with E-state index in [0.29, 0.717) is 5.92 Å². The Kier molecular flexibility index (Phi) is 4.09. The van der Waals surface area contributed by atoms with Crippen molar-refractivity contribution in [2.24, 2.45) is 7.05 Å². The van der Waals surface area contributed by atoms with Gasteiger partial charge in [0, 0.05) is 31.8 Å². The van der Waals surface area contributed by atoms with Gasteiger partial charge >= 0.3 is 0 Å². The number of nitrogens with one attached hydrogen (secondary N) is 1. The normalized spacial score (nSPS) is 11.1. The Balaban J connectivity index is 2.40. The Bertz CT molecular complexity index is 576. The van der Waals surface area contributed by atoms with E-state index in [0.717, 1.165) is 27.1 Å². The maximum Gasteiger partial charge on any atom is 0.134 e. The predicted molar refractivity (Wildman–Crippen MR) is 77.7 cm³/mol. The third-order valence-electron chi connectivity index (χ3n) is 2.77. The van der Waals surface area contributed by atoms with E-state index in [4.69, 9.17) is 0 Å². The van der Waals surface area contributed by atoms with Crippen molar-refractivity contribution in [2.45, 2.75) is 36.6 Å². The van der Waals surface area contributed by atoms with E-state index in [2.05, 4.69) is 34.2 Å². The van der Waals surface area contributed by atoms with Crippen LogP contribution in [0.2, 0.25) is 0 Å². The summed E-state index contributed by atoms with van der Waals surface area (Å²) >= 11 is 1.62. The maximum atomic E-state index is 4.66. The lowest BCUT2D eigenvalue weighted by Crippen LogP contribution is -2.05. The minimum absolute atomic E-state index is 0.306. The molecule has 0 spiro atoms. The van der Waals surface area contributed by atoms with Crippen molar-refractivity contribution < 1.29 is 0 Å². The molecule has 0 atom stereocenters. The first-order chi connectivity index (χ1) is 9.01. The minimum atomic E-state index is 0.306. The van der Waals surface area contributed by atoms with Crippen molar-refractivity contribution in [3.05, 3.63) is 23.8 Å². The molecule has 0 saturated carbocycles. The summed E-state index contributed by atoms with van der Waals surface area (Å²) < 4.78 is 1.79. The summed E-state index contributed by atoms with van der Waals surface area (Å²) in [5.41, 5.74) is 1.07. The van der Waals surface area contributed by atoms with Gasteiger partial charge in [-0.2, -0.15) is 5.10 Å². The molecule has 19 heavy (non-hydrogen) atoms. The number of anilines is 1. The summed E-state index contributed by atoms with van der Waals surface area (Å²) in [6.07, 6.45) is 3.83. The molecule has 102 valence electrons. The van der Waals surface area contributed by atoms with Crippen LogP contribution in [0.5, 0.6) is 0 Å². The Labute approximate surface area is 117 Å². The van der Waals surface area contributed by atoms with Gasteiger partial charge in [0.05, 0.1) is 11.1 Å². The van der Waals surface area contributed by atoms with Gasteiger partial charge in [-0.05, 0) is 6.92 Å². The molecular weight excluding hydrogens is 258 g/mol. The number of hydrogen-bond donors (Lipinski definition) is 1. The lowest BCUT2D eigenvalue weighted by atomic mass is 10.2. The molecule has 2 rings (SSSR count). The lowest BCUT2D eigenvalue weighted by Gasteiger charge is -2.12. The van der Waals surface area contributed by atoms with Crippen LogP contribution in [-0.4, -0.2) is 26.8 Å². The molecule has 0 aliphatic rings. The molecule has 0 unspecified atom stereocenters. The van der Waals surface area contributed by atoms with E-state index in [-0.39, 0.29) is 0 Å². The van der Waals surface area contributed by atoms with Gasteiger partial charge in [-0.3, -0.25) is 4.68 Å². The smallest absolute Gasteiger partial charge is 0.134 e. The second-order valence-corrected chi connectivity index (χ2v) is 5.78. The summed E-state index contributed by atoms with van der Waals surface area (Å²) in [7, 11) is 3.80. The largest absolute Gasteiger partial charge is 0.373 e. The first-order valence-electron chi connectivity index (χ1n) is 6.24. The molecule has 1 N–H and O–H groups in total. The van der Waals surface area contributed by atoms with Crippen LogP contribution in [-0.2, 0) is 7.05 Å². The maximum absolute atomic E-state index is 4.66. The van der Waals surface area contributed by atoms with Crippen molar-refractivity contribution in [2.75, 3.05) is 12.4 Å². The zero-order valence-electron chi connectivity index (χ0n) is 11.9. The Morgan fingerprint density at radius 1 is 1.32 bits per heavy atom. The topological polar surface area (TPSA) is 55.6 Å². The van der Waals surface area contributed by atoms with Crippen LogP contribution in [0.1, 0.15) is 31.2 Å². The fraction of sp³-hybridized carbons (Fsp3) is 0.462. The molecule has 0 amide bonds. The highest BCUT2D eigenvalue weighted by Gasteiger charge is 2.13. The van der Waals surface area contributed by atoms with Crippen molar-refractivity contribution in [1.82, 2.24) is 19.7 Å². The van der Waals surface area contributed by atoms with Gasteiger partial charge in [0.25, 0.3) is 0 Å². The number of rotatable bonds is 4. The molecule has 2 aromatic rings. The summed E-state index contributed by atoms with van der Waals surface area (Å²) in [6.45, 7) is 6.24. The highest BCUT2D eigenvalue weighted by Crippen LogP contribution is 2.31. The highest BCUT2D eigenvalue weighted by atomic mass is 32.2. The van der Waals surface area contributed by atoms with Crippen LogP contribution in [0.4, 0.5) is 5.82 Å². The highest BCUT2D eigenvalue weighted by molar-refractivity contribution is 7.99. The third-order valence-corrected chi connectivity index (χ3v) is 3.80. The molecule has 0 aliphatic heterocycles. The molecule has 2 aromatic heterocycles. The van der Waals surface area contributed by atoms with Crippen molar-refractivity contribution in [3.63, 3.8) is 0 Å². The summed E-state index contributed by atoms with van der Waals surface area (Å²) in [5, 5.41) is 8.30. The van der Waals surface area contributed by atoms with Crippen molar-refractivity contribution in [1.29, 1.82) is 0 Å². The number of nitrogens with zero attached hydrogens (tertiary/aromatic N) is 4. The van der Waals surface area contributed by atoms with E-state index in [1.165, 1.54) is 0 Å². The van der Waals surface area contributed by atoms with Gasteiger partial charge in [0.15, 0.2) is 0 Å². The second-order valence-electron chi connectivity index (χ2n) is 4.72. The molecule has 0 aromatic carbocycles. The van der Waals surface area contributed by atoms with Gasteiger partial charge in [-0.25, -0.2) is 9.97 Å². The third kappa shape index (κ3) is 3.07. The van der Waals surface area contributed by atoms with Crippen LogP contribution < -0.4 is 5.32 Å². The van der Waals surface area contributed by atoms with Gasteiger partial charge < -0.3 is 5.32 Å². The molecule has 6 heteroatoms. The SMILES string of the molecule is CNc1nc(C(C)C)nc(Sc2cnn(C)c2)c1C. The Morgan fingerprint density at radius 3 is 2.58 bits per heavy atom. The Hall–Kier alpha value is -1.56. The second kappa shape index (κ2) is 5.61. The van der Waals surface area contributed by atoms with Crippen LogP contribution in [0.15, 0.2) is 22.3 Å². The van der Waals surface area contributed by atoms with Gasteiger partial charge in [0.2, 0.25) is 0 Å². The van der Waals surface area contributed by atoms with Gasteiger partial charge in [-0.1, -0.05) is 25.6 Å². The minimum Gasteiger partial charge on any atom is -0.373 e. The molecular formula is C13H19N5S. The fourth-order valence-electron chi connectivity index (χ4n) is 1.68. The molecule has 0 bridgehead atoms. The fourth-order valence-corrected chi connectivity index (χ4v) is 2.59. The van der Waals surface area contributed by atoms with Crippen LogP contribution in [0, 0.1) is 6.92 Å². The number of aryl methyl sites for hydroxylation is 1. The zero-order chi connectivity index (χ0) is 14.0. The van der Waals surface area contributed by atoms with Gasteiger partial charge in [-0.15, -0.1) is 0 Å². The molecule has 0 radical (unpaired) electrons. The summed E-state index contributed by atoms with van der Waals surface area (Å²) in [4.78, 5) is 10.3. The monoisotopic (exact) mass is 277 g/mol. The van der Waals surface area contributed by atoms with Gasteiger partial charge in [0.1, 0.15) is 16.7 Å². The van der Waals surface area contributed by atoms with Crippen LogP contribution in [0.25, 0.3) is 0 Å². The number of aromatic nitrogens is 4. The molecule has 2 heterocycles. The standard InChI is InChI=1S/C13H19N5S/c1-8(2)11-16-12(14-4)9(3)13(17-11)19-10-6-15-18(5)7-10/h6-8H,1-5H3,(H,14,16,17). The zero-order valence-corrected chi connectivity index (χ0v) is 12.7. The lowest BCUT2D eigenvalue weighted by molar-refractivity contribution is 0.749. The predicted octanol–water partition coefficient (Wildman–Crippen LogP) is 2.83. The summed E-state index contributed by atoms with van der Waals surface area (Å²) in [5.74, 6) is 2.06. The molecule has 0 fully saturated rings. The van der Waals surface area contributed by atoms with E-state index < -0.39 is 0 Å². The molecule has 5 nitrogen and oxygen atoms in total. The van der Waals surface area contributed by atoms with E-state index >= 15 is 0 Å². The van der Waals surface area contributed by atoms with E-state index in [1.807, 2.05) is 33.4 Å².